The van der Waals surface area contributed by atoms with E-state index in [4.69, 9.17) is 0 Å². The van der Waals surface area contributed by atoms with E-state index in [1.807, 2.05) is 43.1 Å². The zero-order valence-electron chi connectivity index (χ0n) is 14.9. The van der Waals surface area contributed by atoms with Crippen LogP contribution in [-0.2, 0) is 16.3 Å². The second-order valence-corrected chi connectivity index (χ2v) is 8.73. The quantitative estimate of drug-likeness (QED) is 0.884. The Morgan fingerprint density at radius 3 is 2.72 bits per heavy atom. The van der Waals surface area contributed by atoms with Gasteiger partial charge in [-0.3, -0.25) is 0 Å². The molecule has 1 aliphatic heterocycles. The number of nitrogens with one attached hydrogen (secondary N) is 1. The minimum absolute atomic E-state index is 0.0671. The van der Waals surface area contributed by atoms with Crippen LogP contribution in [0.3, 0.4) is 0 Å². The topological polar surface area (TPSA) is 75.2 Å². The third-order valence-electron chi connectivity index (χ3n) is 4.58. The monoisotopic (exact) mass is 360 g/mol. The minimum atomic E-state index is -2.94. The summed E-state index contributed by atoms with van der Waals surface area (Å²) in [5.41, 5.74) is 3.09. The van der Waals surface area contributed by atoms with E-state index in [0.717, 1.165) is 23.6 Å². The molecule has 6 nitrogen and oxygen atoms in total. The molecule has 2 heterocycles. The fourth-order valence-corrected chi connectivity index (χ4v) is 4.88. The fourth-order valence-electron chi connectivity index (χ4n) is 3.11. The first-order valence-corrected chi connectivity index (χ1v) is 10.3. The fraction of sp³-hybridized carbons (Fsp3) is 0.444. The third-order valence-corrected chi connectivity index (χ3v) is 6.33. The number of aryl methyl sites for hydroxylation is 2. The van der Waals surface area contributed by atoms with E-state index in [0.29, 0.717) is 12.4 Å². The molecule has 7 heteroatoms. The van der Waals surface area contributed by atoms with Crippen LogP contribution in [0.1, 0.15) is 24.6 Å². The summed E-state index contributed by atoms with van der Waals surface area (Å²) >= 11 is 0. The largest absolute Gasteiger partial charge is 0.340 e. The molecule has 1 aromatic carbocycles. The van der Waals surface area contributed by atoms with Gasteiger partial charge in [-0.1, -0.05) is 25.1 Å². The predicted molar refractivity (Wildman–Crippen MR) is 101 cm³/mol. The van der Waals surface area contributed by atoms with Gasteiger partial charge in [0.1, 0.15) is 5.82 Å². The van der Waals surface area contributed by atoms with E-state index in [1.165, 1.54) is 5.56 Å². The Morgan fingerprint density at radius 2 is 2.04 bits per heavy atom. The molecule has 0 spiro atoms. The molecule has 0 amide bonds. The van der Waals surface area contributed by atoms with Crippen molar-refractivity contribution in [3.8, 4) is 0 Å². The second-order valence-electron chi connectivity index (χ2n) is 6.50. The third kappa shape index (κ3) is 4.10. The van der Waals surface area contributed by atoms with Gasteiger partial charge in [-0.2, -0.15) is 4.98 Å². The standard InChI is InChI=1S/C18H24N4O2S/c1-4-14-7-5-6-8-16(14)20-17-11-13(2)19-18(21-17)22(3)15-9-10-25(23,24)12-15/h5-8,11,15H,4,9-10,12H2,1-3H3,(H,19,20,21). The number of sulfone groups is 1. The van der Waals surface area contributed by atoms with Gasteiger partial charge >= 0.3 is 0 Å². The van der Waals surface area contributed by atoms with Crippen molar-refractivity contribution < 1.29 is 8.42 Å². The molecule has 1 saturated heterocycles. The van der Waals surface area contributed by atoms with Crippen LogP contribution in [0.25, 0.3) is 0 Å². The van der Waals surface area contributed by atoms with Gasteiger partial charge in [-0.25, -0.2) is 13.4 Å². The molecule has 0 saturated carbocycles. The van der Waals surface area contributed by atoms with Crippen LogP contribution < -0.4 is 10.2 Å². The second kappa shape index (κ2) is 7.00. The molecule has 1 unspecified atom stereocenters. The Hall–Kier alpha value is -2.15. The molecule has 2 aromatic rings. The molecule has 1 fully saturated rings. The van der Waals surface area contributed by atoms with E-state index in [9.17, 15) is 8.42 Å². The zero-order chi connectivity index (χ0) is 18.0. The van der Waals surface area contributed by atoms with Gasteiger partial charge in [0.2, 0.25) is 5.95 Å². The van der Waals surface area contributed by atoms with Crippen LogP contribution in [-0.4, -0.2) is 43.0 Å². The van der Waals surface area contributed by atoms with Crippen LogP contribution in [0, 0.1) is 6.92 Å². The van der Waals surface area contributed by atoms with E-state index >= 15 is 0 Å². The molecule has 0 radical (unpaired) electrons. The lowest BCUT2D eigenvalue weighted by Crippen LogP contribution is -2.34. The van der Waals surface area contributed by atoms with Crippen molar-refractivity contribution in [3.63, 3.8) is 0 Å². The Balaban J connectivity index is 1.85. The highest BCUT2D eigenvalue weighted by Gasteiger charge is 2.31. The smallest absolute Gasteiger partial charge is 0.227 e. The number of para-hydroxylation sites is 1. The van der Waals surface area contributed by atoms with Gasteiger partial charge in [0.25, 0.3) is 0 Å². The minimum Gasteiger partial charge on any atom is -0.340 e. The first kappa shape index (κ1) is 17.7. The number of benzene rings is 1. The zero-order valence-corrected chi connectivity index (χ0v) is 15.7. The number of hydrogen-bond donors (Lipinski definition) is 1. The summed E-state index contributed by atoms with van der Waals surface area (Å²) in [4.78, 5) is 11.0. The molecule has 3 rings (SSSR count). The van der Waals surface area contributed by atoms with Crippen LogP contribution in [0.4, 0.5) is 17.5 Å². The maximum Gasteiger partial charge on any atom is 0.227 e. The molecule has 25 heavy (non-hydrogen) atoms. The SMILES string of the molecule is CCc1ccccc1Nc1cc(C)nc(N(C)C2CCS(=O)(=O)C2)n1. The number of aromatic nitrogens is 2. The molecule has 1 N–H and O–H groups in total. The Kier molecular flexibility index (Phi) is 4.94. The number of nitrogens with zero attached hydrogens (tertiary/aromatic N) is 3. The molecule has 134 valence electrons. The molecule has 1 aromatic heterocycles. The average molecular weight is 360 g/mol. The van der Waals surface area contributed by atoms with E-state index in [1.54, 1.807) is 0 Å². The summed E-state index contributed by atoms with van der Waals surface area (Å²) in [6, 6.07) is 9.97. The molecule has 0 bridgehead atoms. The summed E-state index contributed by atoms with van der Waals surface area (Å²) in [5, 5.41) is 3.37. The van der Waals surface area contributed by atoms with E-state index in [2.05, 4.69) is 28.3 Å². The molecule has 1 aliphatic rings. The lowest BCUT2D eigenvalue weighted by molar-refractivity contribution is 0.600. The Labute approximate surface area is 149 Å². The van der Waals surface area contributed by atoms with Crippen LogP contribution in [0.15, 0.2) is 30.3 Å². The van der Waals surface area contributed by atoms with Gasteiger partial charge in [-0.05, 0) is 31.4 Å². The highest BCUT2D eigenvalue weighted by Crippen LogP contribution is 2.24. The highest BCUT2D eigenvalue weighted by atomic mass is 32.2. The molecular formula is C18H24N4O2S. The van der Waals surface area contributed by atoms with Crippen LogP contribution >= 0.6 is 0 Å². The Morgan fingerprint density at radius 1 is 1.28 bits per heavy atom. The van der Waals surface area contributed by atoms with Gasteiger partial charge in [0, 0.05) is 30.5 Å². The number of hydrogen-bond acceptors (Lipinski definition) is 6. The van der Waals surface area contributed by atoms with Gasteiger partial charge in [0.05, 0.1) is 11.5 Å². The lowest BCUT2D eigenvalue weighted by atomic mass is 10.1. The van der Waals surface area contributed by atoms with E-state index in [-0.39, 0.29) is 17.5 Å². The summed E-state index contributed by atoms with van der Waals surface area (Å²) in [7, 11) is -1.07. The van der Waals surface area contributed by atoms with Crippen molar-refractivity contribution in [2.45, 2.75) is 32.7 Å². The summed E-state index contributed by atoms with van der Waals surface area (Å²) in [5.74, 6) is 1.68. The Bertz CT molecular complexity index is 867. The van der Waals surface area contributed by atoms with Gasteiger partial charge in [-0.15, -0.1) is 0 Å². The molecule has 0 aliphatic carbocycles. The summed E-state index contributed by atoms with van der Waals surface area (Å²) in [6.45, 7) is 4.03. The normalized spacial score (nSPS) is 18.9. The van der Waals surface area contributed by atoms with Crippen molar-refractivity contribution in [2.75, 3.05) is 28.8 Å². The summed E-state index contributed by atoms with van der Waals surface area (Å²) < 4.78 is 23.5. The van der Waals surface area contributed by atoms with Gasteiger partial charge < -0.3 is 10.2 Å². The van der Waals surface area contributed by atoms with Crippen molar-refractivity contribution in [1.82, 2.24) is 9.97 Å². The van der Waals surface area contributed by atoms with Crippen LogP contribution in [0.5, 0.6) is 0 Å². The number of anilines is 3. The number of rotatable bonds is 5. The predicted octanol–water partition coefficient (Wildman–Crippen LogP) is 2.71. The van der Waals surface area contributed by atoms with Crippen molar-refractivity contribution in [2.24, 2.45) is 0 Å². The van der Waals surface area contributed by atoms with Crippen LogP contribution in [0.2, 0.25) is 0 Å². The lowest BCUT2D eigenvalue weighted by Gasteiger charge is -2.24. The highest BCUT2D eigenvalue weighted by molar-refractivity contribution is 7.91. The van der Waals surface area contributed by atoms with E-state index < -0.39 is 9.84 Å². The molecule has 1 atom stereocenters. The van der Waals surface area contributed by atoms with Crippen molar-refractivity contribution in [1.29, 1.82) is 0 Å². The molecular weight excluding hydrogens is 336 g/mol. The first-order valence-electron chi connectivity index (χ1n) is 8.52. The van der Waals surface area contributed by atoms with Gasteiger partial charge in [0.15, 0.2) is 9.84 Å². The summed E-state index contributed by atoms with van der Waals surface area (Å²) in [6.07, 6.45) is 1.55. The van der Waals surface area contributed by atoms with Crippen molar-refractivity contribution >= 4 is 27.3 Å². The first-order chi connectivity index (χ1) is 11.9. The van der Waals surface area contributed by atoms with Crippen molar-refractivity contribution in [3.05, 3.63) is 41.6 Å². The average Bonchev–Trinajstić information content (AvgIpc) is 2.94. The maximum absolute atomic E-state index is 11.7. The maximum atomic E-state index is 11.7.